The monoisotopic (exact) mass is 440 g/mol. The summed E-state index contributed by atoms with van der Waals surface area (Å²) in [4.78, 5) is 14.3. The highest BCUT2D eigenvalue weighted by Gasteiger charge is 2.27. The van der Waals surface area contributed by atoms with Gasteiger partial charge in [0, 0.05) is 28.7 Å². The summed E-state index contributed by atoms with van der Waals surface area (Å²) >= 11 is 0. The summed E-state index contributed by atoms with van der Waals surface area (Å²) in [5.41, 5.74) is -0.500. The highest BCUT2D eigenvalue weighted by molar-refractivity contribution is 5.74. The van der Waals surface area contributed by atoms with E-state index in [0.717, 1.165) is 24.3 Å². The predicted molar refractivity (Wildman–Crippen MR) is 121 cm³/mol. The van der Waals surface area contributed by atoms with Crippen molar-refractivity contribution in [2.75, 3.05) is 26.6 Å². The van der Waals surface area contributed by atoms with Crippen LogP contribution in [-0.2, 0) is 13.0 Å². The fourth-order valence-electron chi connectivity index (χ4n) is 2.66. The van der Waals surface area contributed by atoms with Gasteiger partial charge in [-0.1, -0.05) is 38.1 Å². The number of rotatable bonds is 8. The van der Waals surface area contributed by atoms with E-state index in [1.165, 1.54) is 0 Å². The van der Waals surface area contributed by atoms with Crippen LogP contribution in [0.1, 0.15) is 55.6 Å². The highest BCUT2D eigenvalue weighted by Crippen LogP contribution is 2.19. The van der Waals surface area contributed by atoms with Crippen LogP contribution in [0.15, 0.2) is 48.4 Å². The summed E-state index contributed by atoms with van der Waals surface area (Å²) in [6.45, 7) is -8.61. The zero-order valence-corrected chi connectivity index (χ0v) is 17.4. The molecule has 0 spiro atoms. The van der Waals surface area contributed by atoms with Gasteiger partial charge in [0.15, 0.2) is 0 Å². The lowest BCUT2D eigenvalue weighted by Gasteiger charge is -2.37. The quantitative estimate of drug-likeness (QED) is 0.649. The first-order valence-corrected chi connectivity index (χ1v) is 9.88. The maximum absolute atomic E-state index is 13.7. The number of urea groups is 1. The number of likely N-dealkylation sites (tertiary alicyclic amines) is 1. The van der Waals surface area contributed by atoms with E-state index in [1.807, 2.05) is 13.8 Å². The molecule has 0 unspecified atom stereocenters. The maximum atomic E-state index is 13.7. The molecule has 1 heterocycles. The van der Waals surface area contributed by atoms with E-state index >= 15 is 0 Å². The van der Waals surface area contributed by atoms with E-state index in [9.17, 15) is 9.18 Å². The van der Waals surface area contributed by atoms with Crippen LogP contribution in [0.5, 0.6) is 5.75 Å². The van der Waals surface area contributed by atoms with E-state index in [-0.39, 0.29) is 34.3 Å². The van der Waals surface area contributed by atoms with E-state index < -0.39 is 87.9 Å². The number of amides is 2. The van der Waals surface area contributed by atoms with Crippen molar-refractivity contribution in [3.8, 4) is 5.75 Å². The molecule has 2 aromatic carbocycles. The third-order valence-electron chi connectivity index (χ3n) is 4.28. The number of benzene rings is 2. The van der Waals surface area contributed by atoms with E-state index in [2.05, 4.69) is 5.32 Å². The van der Waals surface area contributed by atoms with Crippen molar-refractivity contribution in [2.24, 2.45) is 5.92 Å². The van der Waals surface area contributed by atoms with Crippen LogP contribution < -0.4 is 10.1 Å². The minimum absolute atomic E-state index is 0.0298. The highest BCUT2D eigenvalue weighted by atomic mass is 19.1. The van der Waals surface area contributed by atoms with Crippen molar-refractivity contribution < 1.29 is 31.7 Å². The van der Waals surface area contributed by atoms with Gasteiger partial charge < -0.3 is 19.9 Å². The summed E-state index contributed by atoms with van der Waals surface area (Å²) < 4.78 is 127. The van der Waals surface area contributed by atoms with Gasteiger partial charge in [-0.25, -0.2) is 9.18 Å². The molecule has 2 amide bonds. The Morgan fingerprint density at radius 2 is 1.97 bits per heavy atom. The molecule has 3 rings (SSSR count). The summed E-state index contributed by atoms with van der Waals surface area (Å²) in [5, 5.41) is 2.34. The molecule has 0 aliphatic carbocycles. The van der Waals surface area contributed by atoms with Gasteiger partial charge in [0.05, 0.1) is 14.8 Å². The largest absolute Gasteiger partial charge is 0.493 e. The van der Waals surface area contributed by atoms with Crippen molar-refractivity contribution in [3.05, 3.63) is 65.4 Å². The summed E-state index contributed by atoms with van der Waals surface area (Å²) in [6, 6.07) is -0.859. The van der Waals surface area contributed by atoms with Crippen molar-refractivity contribution in [2.45, 2.75) is 45.8 Å². The van der Waals surface area contributed by atoms with Gasteiger partial charge in [0.2, 0.25) is 0 Å². The average molecular weight is 441 g/mol. The number of halogens is 1. The molecule has 1 saturated heterocycles. The number of nitrogens with one attached hydrogen (secondary N) is 1. The van der Waals surface area contributed by atoms with Crippen LogP contribution in [0.3, 0.4) is 0 Å². The molecule has 2 aromatic rings. The van der Waals surface area contributed by atoms with Crippen molar-refractivity contribution >= 4 is 6.03 Å². The Hall–Kier alpha value is -2.60. The fraction of sp³-hybridized carbons (Fsp3) is 0.480. The minimum atomic E-state index is -3.21. The van der Waals surface area contributed by atoms with Gasteiger partial charge in [-0.2, -0.15) is 0 Å². The Bertz CT molecular complexity index is 1320. The topological polar surface area (TPSA) is 44.8 Å². The zero-order chi connectivity index (χ0) is 33.6. The number of piperidine rings is 1. The van der Waals surface area contributed by atoms with E-state index in [4.69, 9.17) is 22.6 Å². The first-order valence-electron chi connectivity index (χ1n) is 16.4. The molecule has 6 heteroatoms. The first kappa shape index (κ1) is 11.3. The number of ether oxygens (including phenoxy) is 1. The molecule has 31 heavy (non-hydrogen) atoms. The molecule has 168 valence electrons. The van der Waals surface area contributed by atoms with Crippen molar-refractivity contribution in [1.29, 1.82) is 0 Å². The van der Waals surface area contributed by atoms with Crippen molar-refractivity contribution in [1.82, 2.24) is 15.1 Å². The lowest BCUT2D eigenvalue weighted by molar-refractivity contribution is 0.127. The molecular formula is C25H34FN3O2. The van der Waals surface area contributed by atoms with Crippen LogP contribution >= 0.6 is 0 Å². The maximum Gasteiger partial charge on any atom is 0.318 e. The Labute approximate surface area is 203 Å². The van der Waals surface area contributed by atoms with Gasteiger partial charge in [0.25, 0.3) is 0 Å². The molecule has 1 aliphatic rings. The second-order valence-corrected chi connectivity index (χ2v) is 7.37. The number of carbonyl (C=O) groups is 1. The van der Waals surface area contributed by atoms with Crippen LogP contribution in [0, 0.1) is 11.7 Å². The van der Waals surface area contributed by atoms with Crippen LogP contribution in [-0.4, -0.2) is 48.4 Å². The van der Waals surface area contributed by atoms with E-state index in [1.54, 1.807) is 0 Å². The van der Waals surface area contributed by atoms with Gasteiger partial charge in [-0.15, -0.1) is 0 Å². The molecule has 1 aliphatic heterocycles. The lowest BCUT2D eigenvalue weighted by atomic mass is 10.0. The number of nitrogens with zero attached hydrogens (tertiary/aromatic N) is 2. The molecule has 5 nitrogen and oxygen atoms in total. The van der Waals surface area contributed by atoms with Gasteiger partial charge in [0.1, 0.15) is 11.6 Å². The van der Waals surface area contributed by atoms with Gasteiger partial charge >= 0.3 is 6.03 Å². The smallest absolute Gasteiger partial charge is 0.318 e. The first-order chi connectivity index (χ1) is 20.0. The summed E-state index contributed by atoms with van der Waals surface area (Å²) in [5.74, 6) is -0.950. The molecule has 0 bridgehead atoms. The average Bonchev–Trinajstić information content (AvgIpc) is 2.85. The number of carbonyl (C=O) groups excluding carboxylic acids is 1. The molecule has 0 atom stereocenters. The second-order valence-electron chi connectivity index (χ2n) is 7.37. The summed E-state index contributed by atoms with van der Waals surface area (Å²) in [6.07, 6.45) is -1.63. The third kappa shape index (κ3) is 7.24. The predicted octanol–water partition coefficient (Wildman–Crippen LogP) is 4.67. The number of hydrogen-bond acceptors (Lipinski definition) is 3. The van der Waals surface area contributed by atoms with Crippen LogP contribution in [0.2, 0.25) is 0 Å². The Balaban J connectivity index is 2.04. The lowest BCUT2D eigenvalue weighted by Crippen LogP contribution is -2.49. The van der Waals surface area contributed by atoms with E-state index in [0.29, 0.717) is 4.90 Å². The molecule has 0 saturated carbocycles. The second kappa shape index (κ2) is 11.1. The van der Waals surface area contributed by atoms with Gasteiger partial charge in [-0.3, -0.25) is 0 Å². The normalized spacial score (nSPS) is 25.4. The minimum Gasteiger partial charge on any atom is -0.493 e. The molecule has 1 fully saturated rings. The Kier molecular flexibility index (Phi) is 4.07. The number of hydrogen-bond donors (Lipinski definition) is 1. The molecule has 0 radical (unpaired) electrons. The summed E-state index contributed by atoms with van der Waals surface area (Å²) in [7, 11) is 0. The fourth-order valence-corrected chi connectivity index (χ4v) is 2.66. The molecular weight excluding hydrogens is 393 g/mol. The van der Waals surface area contributed by atoms with Crippen LogP contribution in [0.25, 0.3) is 0 Å². The van der Waals surface area contributed by atoms with Gasteiger partial charge in [-0.05, 0) is 74.1 Å². The SMILES string of the molecule is [2H]c1c([2H])c(OCC(C)C)c([2H])c([2H])c1CNC(=O)N(C1CC([2H])([2H])N(C([2H])([2H])[2H])C([2H])([2H])C1)C([2H])([2H])c1ccc(F)cc1. The molecule has 1 N–H and O–H groups in total. The standard InChI is InChI=1S/C25H34FN3O2/c1-19(2)18-31-24-10-6-20(7-11-24)16-27-25(30)29(23-12-14-28(3)15-13-23)17-21-4-8-22(26)9-5-21/h4-11,19,23H,12-18H2,1-3H3,(H,27,30)/i3D3,6D,7D,10D,11D,14D2,15D2,17D2. The van der Waals surface area contributed by atoms with Crippen LogP contribution in [0.4, 0.5) is 9.18 Å². The third-order valence-corrected chi connectivity index (χ3v) is 4.28. The van der Waals surface area contributed by atoms with Crippen molar-refractivity contribution in [3.63, 3.8) is 0 Å². The zero-order valence-electron chi connectivity index (χ0n) is 30.4. The molecule has 0 aromatic heterocycles. The Morgan fingerprint density at radius 1 is 1.29 bits per heavy atom. The Morgan fingerprint density at radius 3 is 2.58 bits per heavy atom.